The van der Waals surface area contributed by atoms with Crippen LogP contribution >= 0.6 is 11.3 Å². The molecule has 0 aliphatic rings. The molecular weight excluding hydrogens is 157 g/mol. The summed E-state index contributed by atoms with van der Waals surface area (Å²) in [4.78, 5) is 15.1. The lowest BCUT2D eigenvalue weighted by atomic mass is 10.1. The van der Waals surface area contributed by atoms with E-state index in [-0.39, 0.29) is 20.1 Å². The molecule has 0 saturated heterocycles. The summed E-state index contributed by atoms with van der Waals surface area (Å²) in [5, 5.41) is 2.44. The maximum Gasteiger partial charge on any atom is 0.193 e. The summed E-state index contributed by atoms with van der Waals surface area (Å²) in [5.74, 6) is 0.196. The predicted octanol–water partition coefficient (Wildman–Crippen LogP) is 0.798. The van der Waals surface area contributed by atoms with Gasteiger partial charge in [0.2, 0.25) is 0 Å². The van der Waals surface area contributed by atoms with E-state index in [0.717, 1.165) is 0 Å². The molecule has 0 N–H and O–H groups in total. The first-order valence-corrected chi connectivity index (χ1v) is 4.03. The Morgan fingerprint density at radius 2 is 2.27 bits per heavy atom. The predicted molar refractivity (Wildman–Crippen MR) is 51.2 cm³/mol. The Hall–Kier alpha value is -0.635. The Kier molecular flexibility index (Phi) is 4.04. The van der Waals surface area contributed by atoms with Crippen molar-refractivity contribution < 1.29 is 4.79 Å². The first-order valence-electron chi connectivity index (χ1n) is 3.15. The Bertz CT molecular complexity index is 220. The van der Waals surface area contributed by atoms with E-state index in [1.807, 2.05) is 19.2 Å². The number of thiazole rings is 1. The van der Waals surface area contributed by atoms with Crippen LogP contribution in [0, 0.1) is 5.92 Å². The van der Waals surface area contributed by atoms with Crippen molar-refractivity contribution in [1.29, 1.82) is 0 Å². The van der Waals surface area contributed by atoms with Crippen LogP contribution in [-0.2, 0) is 0 Å². The van der Waals surface area contributed by atoms with Crippen LogP contribution in [0.15, 0.2) is 11.6 Å². The van der Waals surface area contributed by atoms with E-state index in [1.165, 1.54) is 11.3 Å². The molecule has 0 aliphatic carbocycles. The number of carbonyl (C=O) groups excluding carboxylic acids is 1. The molecule has 1 aromatic rings. The average Bonchev–Trinajstić information content (AvgIpc) is 2.36. The van der Waals surface area contributed by atoms with Crippen LogP contribution in [0.1, 0.15) is 23.6 Å². The normalized spacial score (nSPS) is 9.36. The molecular formula is C7H12BNOS. The minimum atomic E-state index is 0. The summed E-state index contributed by atoms with van der Waals surface area (Å²) in [6.07, 6.45) is 1.65. The maximum absolute atomic E-state index is 11.2. The van der Waals surface area contributed by atoms with E-state index < -0.39 is 0 Å². The fourth-order valence-corrected chi connectivity index (χ4v) is 1.32. The summed E-state index contributed by atoms with van der Waals surface area (Å²) < 4.78 is 0. The van der Waals surface area contributed by atoms with E-state index in [0.29, 0.717) is 5.01 Å². The number of aromatic nitrogens is 1. The molecule has 0 bridgehead atoms. The van der Waals surface area contributed by atoms with Crippen molar-refractivity contribution in [3.05, 3.63) is 16.6 Å². The average molecular weight is 169 g/mol. The lowest BCUT2D eigenvalue weighted by Gasteiger charge is -1.96. The highest BCUT2D eigenvalue weighted by atomic mass is 32.1. The smallest absolute Gasteiger partial charge is 0.193 e. The summed E-state index contributed by atoms with van der Waals surface area (Å²) in [6, 6.07) is 0. The molecule has 0 fully saturated rings. The highest BCUT2D eigenvalue weighted by molar-refractivity contribution is 7.11. The Labute approximate surface area is 72.2 Å². The first kappa shape index (κ1) is 10.4. The molecule has 0 unspecified atom stereocenters. The third kappa shape index (κ3) is 2.46. The molecule has 0 spiro atoms. The van der Waals surface area contributed by atoms with Crippen LogP contribution in [0.25, 0.3) is 0 Å². The van der Waals surface area contributed by atoms with E-state index in [9.17, 15) is 4.79 Å². The minimum Gasteiger partial charge on any atom is -0.291 e. The van der Waals surface area contributed by atoms with Gasteiger partial charge in [0.25, 0.3) is 0 Å². The van der Waals surface area contributed by atoms with Crippen LogP contribution in [-0.4, -0.2) is 19.2 Å². The number of carbonyl (C=O) groups is 1. The van der Waals surface area contributed by atoms with Crippen molar-refractivity contribution in [3.8, 4) is 0 Å². The quantitative estimate of drug-likeness (QED) is 0.484. The molecule has 0 atom stereocenters. The summed E-state index contributed by atoms with van der Waals surface area (Å²) in [6.45, 7) is 3.76. The van der Waals surface area contributed by atoms with Crippen LogP contribution in [0.2, 0.25) is 0 Å². The molecule has 0 radical (unpaired) electrons. The van der Waals surface area contributed by atoms with Gasteiger partial charge in [-0.2, -0.15) is 0 Å². The molecule has 2 nitrogen and oxygen atoms in total. The fraction of sp³-hybridized carbons (Fsp3) is 0.429. The van der Waals surface area contributed by atoms with Gasteiger partial charge in [-0.25, -0.2) is 4.98 Å². The van der Waals surface area contributed by atoms with Gasteiger partial charge in [0.1, 0.15) is 0 Å². The molecule has 11 heavy (non-hydrogen) atoms. The zero-order valence-electron chi connectivity index (χ0n) is 6.00. The van der Waals surface area contributed by atoms with Crippen molar-refractivity contribution in [2.75, 3.05) is 0 Å². The van der Waals surface area contributed by atoms with Crippen molar-refractivity contribution in [1.82, 2.24) is 4.98 Å². The molecule has 4 heteroatoms. The molecule has 1 aromatic heterocycles. The number of Topliss-reactive ketones (excluding diaryl/α,β-unsaturated/α-hetero) is 1. The molecule has 1 rings (SSSR count). The van der Waals surface area contributed by atoms with E-state index in [1.54, 1.807) is 6.20 Å². The third-order valence-corrected chi connectivity index (χ3v) is 1.96. The number of ketones is 1. The first-order chi connectivity index (χ1) is 4.72. The minimum absolute atomic E-state index is 0. The van der Waals surface area contributed by atoms with Gasteiger partial charge in [0.15, 0.2) is 10.8 Å². The second-order valence-corrected chi connectivity index (χ2v) is 3.25. The second kappa shape index (κ2) is 4.29. The third-order valence-electron chi connectivity index (χ3n) is 1.17. The molecule has 60 valence electrons. The van der Waals surface area contributed by atoms with Gasteiger partial charge in [-0.1, -0.05) is 13.8 Å². The van der Waals surface area contributed by atoms with Gasteiger partial charge in [-0.15, -0.1) is 11.3 Å². The Morgan fingerprint density at radius 3 is 2.64 bits per heavy atom. The zero-order chi connectivity index (χ0) is 7.56. The summed E-state index contributed by atoms with van der Waals surface area (Å²) in [5.41, 5.74) is 0. The molecule has 1 heterocycles. The molecule has 0 aliphatic heterocycles. The maximum atomic E-state index is 11.2. The molecule has 0 amide bonds. The topological polar surface area (TPSA) is 30.0 Å². The van der Waals surface area contributed by atoms with Crippen LogP contribution < -0.4 is 0 Å². The number of hydrogen-bond donors (Lipinski definition) is 0. The van der Waals surface area contributed by atoms with E-state index >= 15 is 0 Å². The van der Waals surface area contributed by atoms with Gasteiger partial charge in [-0.05, 0) is 0 Å². The van der Waals surface area contributed by atoms with Gasteiger partial charge in [0, 0.05) is 17.5 Å². The van der Waals surface area contributed by atoms with Crippen molar-refractivity contribution in [3.63, 3.8) is 0 Å². The monoisotopic (exact) mass is 169 g/mol. The second-order valence-electron chi connectivity index (χ2n) is 2.36. The van der Waals surface area contributed by atoms with Crippen molar-refractivity contribution in [2.24, 2.45) is 5.92 Å². The molecule has 0 aromatic carbocycles. The van der Waals surface area contributed by atoms with Crippen molar-refractivity contribution >= 4 is 25.5 Å². The Balaban J connectivity index is 0.000001000. The summed E-state index contributed by atoms with van der Waals surface area (Å²) >= 11 is 1.40. The van der Waals surface area contributed by atoms with Crippen LogP contribution in [0.3, 0.4) is 0 Å². The van der Waals surface area contributed by atoms with Crippen LogP contribution in [0.5, 0.6) is 0 Å². The largest absolute Gasteiger partial charge is 0.291 e. The van der Waals surface area contributed by atoms with Gasteiger partial charge >= 0.3 is 0 Å². The van der Waals surface area contributed by atoms with E-state index in [2.05, 4.69) is 4.98 Å². The number of hydrogen-bond acceptors (Lipinski definition) is 3. The fourth-order valence-electron chi connectivity index (χ4n) is 0.592. The number of rotatable bonds is 2. The standard InChI is InChI=1S/C7H9NOS.BH3/c1-5(2)6(9)7-8-3-4-10-7;/h3-5H,1-2H3;1H3. The SMILES string of the molecule is B.CC(C)C(=O)c1nccs1. The number of nitrogens with zero attached hydrogens (tertiary/aromatic N) is 1. The van der Waals surface area contributed by atoms with Gasteiger partial charge in [0.05, 0.1) is 8.41 Å². The highest BCUT2D eigenvalue weighted by Gasteiger charge is 2.11. The summed E-state index contributed by atoms with van der Waals surface area (Å²) in [7, 11) is 0. The zero-order valence-corrected chi connectivity index (χ0v) is 6.81. The van der Waals surface area contributed by atoms with E-state index in [4.69, 9.17) is 0 Å². The van der Waals surface area contributed by atoms with Crippen LogP contribution in [0.4, 0.5) is 0 Å². The Morgan fingerprint density at radius 1 is 1.64 bits per heavy atom. The highest BCUT2D eigenvalue weighted by Crippen LogP contribution is 2.10. The lowest BCUT2D eigenvalue weighted by Crippen LogP contribution is -2.06. The lowest BCUT2D eigenvalue weighted by molar-refractivity contribution is 0.0939. The van der Waals surface area contributed by atoms with Gasteiger partial charge < -0.3 is 0 Å². The molecule has 0 saturated carbocycles. The van der Waals surface area contributed by atoms with Crippen molar-refractivity contribution in [2.45, 2.75) is 13.8 Å². The van der Waals surface area contributed by atoms with Gasteiger partial charge in [-0.3, -0.25) is 4.79 Å².